The van der Waals surface area contributed by atoms with Gasteiger partial charge in [-0.05, 0) is 73.7 Å². The Morgan fingerprint density at radius 2 is 0.487 bits per heavy atom. The van der Waals surface area contributed by atoms with Crippen LogP contribution in [-0.4, -0.2) is 229 Å². The molecular formula is C78H99N5O22S12. The molecule has 0 aliphatic carbocycles. The van der Waals surface area contributed by atoms with Crippen molar-refractivity contribution in [3.8, 4) is 0 Å². The van der Waals surface area contributed by atoms with Crippen molar-refractivity contribution < 1.29 is 108 Å². The zero-order valence-electron chi connectivity index (χ0n) is 64.4. The first-order valence-corrected chi connectivity index (χ1v) is 50.7. The number of carbonyl (C=O) groups is 14. The third kappa shape index (κ3) is 45.7. The Bertz CT molecular complexity index is 3760. The maximum Gasteiger partial charge on any atom is 0.327 e. The lowest BCUT2D eigenvalue weighted by molar-refractivity contribution is -0.141. The van der Waals surface area contributed by atoms with Crippen LogP contribution in [0.5, 0.6) is 0 Å². The minimum Gasteiger partial charge on any atom is -0.481 e. The van der Waals surface area contributed by atoms with Gasteiger partial charge >= 0.3 is 47.8 Å². The first-order valence-electron chi connectivity index (χ1n) is 36.8. The summed E-state index contributed by atoms with van der Waals surface area (Å²) in [5.74, 6) is -2.05. The van der Waals surface area contributed by atoms with Crippen LogP contribution in [0, 0.1) is 0 Å². The van der Waals surface area contributed by atoms with E-state index in [0.29, 0.717) is 121 Å². The molecule has 4 aromatic carbocycles. The molecule has 6 amide bonds. The molecule has 0 saturated carbocycles. The van der Waals surface area contributed by atoms with E-state index in [2.05, 4.69) is 21.3 Å². The molecule has 1 aliphatic heterocycles. The van der Waals surface area contributed by atoms with Gasteiger partial charge in [0.2, 0.25) is 23.6 Å². The topological polar surface area (TPSA) is 452 Å². The number of hydrogen-bond donors (Lipinski definition) is 12. The number of carbonyl (C=O) groups excluding carboxylic acids is 6. The number of carboxylic acids is 8. The number of hydrogen-bond acceptors (Lipinski definition) is 26. The predicted molar refractivity (Wildman–Crippen MR) is 477 cm³/mol. The predicted octanol–water partition coefficient (Wildman–Crippen LogP) is 11.3. The van der Waals surface area contributed by atoms with E-state index in [1.54, 1.807) is 11.8 Å². The Morgan fingerprint density at radius 3 is 0.718 bits per heavy atom. The highest BCUT2D eigenvalue weighted by atomic mass is 32.2. The summed E-state index contributed by atoms with van der Waals surface area (Å²) in [5, 5.41) is 86.3. The molecule has 4 aromatic rings. The summed E-state index contributed by atoms with van der Waals surface area (Å²) in [5.41, 5.74) is 11.0. The van der Waals surface area contributed by atoms with Crippen molar-refractivity contribution in [1.82, 2.24) is 26.2 Å². The summed E-state index contributed by atoms with van der Waals surface area (Å²) in [4.78, 5) is 173. The number of benzene rings is 4. The normalized spacial score (nSPS) is 12.8. The molecule has 39 heteroatoms. The molecule has 2 unspecified atom stereocenters. The summed E-state index contributed by atoms with van der Waals surface area (Å²) in [6, 6.07) is 19.9. The van der Waals surface area contributed by atoms with E-state index >= 15 is 0 Å². The Labute approximate surface area is 731 Å². The largest absolute Gasteiger partial charge is 0.481 e. The second-order valence-electron chi connectivity index (χ2n) is 26.5. The zero-order chi connectivity index (χ0) is 85.4. The first kappa shape index (κ1) is 101. The number of amides is 6. The van der Waals surface area contributed by atoms with Gasteiger partial charge in [-0.2, -0.15) is 141 Å². The van der Waals surface area contributed by atoms with E-state index in [1.807, 2.05) is 79.7 Å². The van der Waals surface area contributed by atoms with Crippen molar-refractivity contribution in [1.29, 1.82) is 0 Å². The van der Waals surface area contributed by atoms with Gasteiger partial charge < -0.3 is 62.1 Å². The lowest BCUT2D eigenvalue weighted by Gasteiger charge is -2.22. The fourth-order valence-corrected chi connectivity index (χ4v) is 21.7. The van der Waals surface area contributed by atoms with E-state index in [4.69, 9.17) is 30.6 Å². The summed E-state index contributed by atoms with van der Waals surface area (Å²) < 4.78 is 0. The van der Waals surface area contributed by atoms with Gasteiger partial charge in [0.25, 0.3) is 11.8 Å². The van der Waals surface area contributed by atoms with E-state index < -0.39 is 114 Å². The lowest BCUT2D eigenvalue weighted by atomic mass is 10.1. The fourth-order valence-electron chi connectivity index (χ4n) is 10.8. The van der Waals surface area contributed by atoms with Gasteiger partial charge in [-0.1, -0.05) is 72.8 Å². The number of thioether (sulfide) groups is 12. The molecule has 0 aromatic heterocycles. The van der Waals surface area contributed by atoms with Crippen LogP contribution in [0.2, 0.25) is 0 Å². The Balaban J connectivity index is 1.27. The molecule has 4 atom stereocenters. The highest BCUT2D eigenvalue weighted by Gasteiger charge is 2.30. The number of imide groups is 1. The van der Waals surface area contributed by atoms with Gasteiger partial charge in [0.05, 0.1) is 38.5 Å². The van der Waals surface area contributed by atoms with Gasteiger partial charge in [0, 0.05) is 169 Å². The summed E-state index contributed by atoms with van der Waals surface area (Å²) in [6.07, 6.45) is 2.08. The SMILES string of the molecule is CC(CSCc1cc(CSCCC(=O)O)cc(CSCCC(=O)O)c1)NC(=O)[C@H](CSCc1cc(CSCCC(=O)NC(CSCc2cc(CSCCC(=O)O)cc(CSCCC(=O)O)c2)C(=O)O)cc(CSCCC(=O)N[C@H](CSCc2cc(CSCCC(=O)O)cc(CSCCC(=O)O)c2)C(=O)O)c1)NC(=O)CN1C(=O)C=CC1=O. The number of rotatable bonds is 65. The van der Waals surface area contributed by atoms with E-state index in [0.717, 1.165) is 83.8 Å². The van der Waals surface area contributed by atoms with Gasteiger partial charge in [-0.3, -0.25) is 62.4 Å². The summed E-state index contributed by atoms with van der Waals surface area (Å²) in [6.45, 7) is 1.18. The van der Waals surface area contributed by atoms with Crippen molar-refractivity contribution >= 4 is 224 Å². The van der Waals surface area contributed by atoms with Gasteiger partial charge in [0.1, 0.15) is 24.7 Å². The average molecular weight is 1840 g/mol. The van der Waals surface area contributed by atoms with Crippen molar-refractivity contribution in [3.05, 3.63) is 152 Å². The average Bonchev–Trinajstić information content (AvgIpc) is 1.36. The molecule has 640 valence electrons. The van der Waals surface area contributed by atoms with E-state index in [9.17, 15) is 77.3 Å². The number of aliphatic carboxylic acids is 8. The smallest absolute Gasteiger partial charge is 0.327 e. The molecule has 12 N–H and O–H groups in total. The molecule has 1 aliphatic rings. The maximum absolute atomic E-state index is 14.3. The molecule has 5 rings (SSSR count). The zero-order valence-corrected chi connectivity index (χ0v) is 74.2. The molecule has 0 fully saturated rings. The van der Waals surface area contributed by atoms with Gasteiger partial charge in [0.15, 0.2) is 0 Å². The molecule has 0 spiro atoms. The second kappa shape index (κ2) is 57.8. The van der Waals surface area contributed by atoms with Crippen molar-refractivity contribution in [3.63, 3.8) is 0 Å². The van der Waals surface area contributed by atoms with Crippen LogP contribution < -0.4 is 21.3 Å². The Hall–Kier alpha value is -6.40. The van der Waals surface area contributed by atoms with Gasteiger partial charge in [-0.15, -0.1) is 0 Å². The molecule has 27 nitrogen and oxygen atoms in total. The minimum atomic E-state index is -1.22. The maximum atomic E-state index is 14.3. The minimum absolute atomic E-state index is 0.00176. The van der Waals surface area contributed by atoms with Crippen LogP contribution in [0.4, 0.5) is 0 Å². The molecule has 0 radical (unpaired) electrons. The van der Waals surface area contributed by atoms with Crippen LogP contribution in [0.15, 0.2) is 84.9 Å². The Morgan fingerprint density at radius 1 is 0.282 bits per heavy atom. The van der Waals surface area contributed by atoms with Gasteiger partial charge in [-0.25, -0.2) is 9.59 Å². The van der Waals surface area contributed by atoms with Crippen LogP contribution >= 0.6 is 141 Å². The van der Waals surface area contributed by atoms with Crippen molar-refractivity contribution in [2.75, 3.05) is 75.6 Å². The van der Waals surface area contributed by atoms with Crippen LogP contribution in [0.3, 0.4) is 0 Å². The molecule has 0 bridgehead atoms. The second-order valence-corrected chi connectivity index (χ2v) is 39.5. The molecule has 0 saturated heterocycles. The Kier molecular flexibility index (Phi) is 49.9. The van der Waals surface area contributed by atoms with E-state index in [-0.39, 0.29) is 68.6 Å². The highest BCUT2D eigenvalue weighted by Crippen LogP contribution is 2.30. The van der Waals surface area contributed by atoms with Crippen LogP contribution in [0.1, 0.15) is 125 Å². The van der Waals surface area contributed by atoms with Crippen molar-refractivity contribution in [2.45, 2.75) is 151 Å². The lowest BCUT2D eigenvalue weighted by Crippen LogP contribution is -2.53. The summed E-state index contributed by atoms with van der Waals surface area (Å²) in [7, 11) is 0. The third-order valence-electron chi connectivity index (χ3n) is 16.1. The molecular weight excluding hydrogens is 1740 g/mol. The van der Waals surface area contributed by atoms with Crippen LogP contribution in [-0.2, 0) is 136 Å². The summed E-state index contributed by atoms with van der Waals surface area (Å²) >= 11 is 17.2. The molecule has 1 heterocycles. The number of nitrogens with zero attached hydrogens (tertiary/aromatic N) is 1. The van der Waals surface area contributed by atoms with E-state index in [1.165, 1.54) is 129 Å². The number of carboxylic acid groups (broad SMARTS) is 8. The van der Waals surface area contributed by atoms with Crippen molar-refractivity contribution in [2.24, 2.45) is 0 Å². The highest BCUT2D eigenvalue weighted by molar-refractivity contribution is 8.01. The first-order chi connectivity index (χ1) is 55.9. The standard InChI is InChI=1S/C78H99N5O22S12/c1-49(33-114-42-58-24-52(36-108-14-6-70(89)90)21-53(25-58)37-109-15-7-71(91)92)79-76(101)62(80-67(86)32-83-68(87)2-3-69(83)88)46-115-43-59-26-50(34-106-12-4-65(84)81-63(77(102)103)47-116-44-60-28-54(38-110-16-8-72(93)94)22-55(29-60)39-111-17-9-73(95)96)20-51(27-59)35-107-13-5-66(85)82-64(78(104)105)48-117-45-61-30-56(40-112-18-10-74(97)98)23-57(31-61)41-113-19-11-75(99)100/h2-3,20-31,49,62-64H,4-19,32-48H2,1H3,(H,79,101)(H,80,86)(H,81,84)(H,82,85)(H,89,90)(H,91,92)(H,93,94)(H,95,96)(H,97,98)(H,99,100)(H,102,103)(H,104,105)/t49?,62-,63+,64?/m0/s1. The van der Waals surface area contributed by atoms with Crippen LogP contribution in [0.25, 0.3) is 0 Å². The molecule has 117 heavy (non-hydrogen) atoms. The fraction of sp³-hybridized carbons (Fsp3) is 0.487. The quantitative estimate of drug-likeness (QED) is 0.0144. The number of nitrogens with one attached hydrogen (secondary N) is 4. The monoisotopic (exact) mass is 1840 g/mol. The third-order valence-corrected chi connectivity index (χ3v) is 28.9.